The summed E-state index contributed by atoms with van der Waals surface area (Å²) in [4.78, 5) is 30.1. The van der Waals surface area contributed by atoms with E-state index in [2.05, 4.69) is 10.3 Å². The first-order valence-electron chi connectivity index (χ1n) is 7.01. The molecular formula is C14H20N4O3. The van der Waals surface area contributed by atoms with Crippen LogP contribution in [-0.2, 0) is 9.53 Å². The standard InChI is InChI=1S/C14H20N4O3/c1-2-5-16-13(19)12-9-21-7-6-18(12)14(20)11-4-3-10(15)8-17-11/h3-4,8,12H,2,5-7,9,15H2,1H3,(H,16,19). The van der Waals surface area contributed by atoms with Gasteiger partial charge in [0.2, 0.25) is 5.91 Å². The van der Waals surface area contributed by atoms with Crippen molar-refractivity contribution in [3.63, 3.8) is 0 Å². The van der Waals surface area contributed by atoms with Crippen molar-refractivity contribution in [3.8, 4) is 0 Å². The molecule has 114 valence electrons. The van der Waals surface area contributed by atoms with E-state index in [-0.39, 0.29) is 24.1 Å². The van der Waals surface area contributed by atoms with E-state index in [1.54, 1.807) is 12.1 Å². The number of nitrogens with one attached hydrogen (secondary N) is 1. The number of anilines is 1. The Bertz CT molecular complexity index is 503. The van der Waals surface area contributed by atoms with Crippen molar-refractivity contribution in [2.75, 3.05) is 32.0 Å². The molecule has 1 fully saturated rings. The Kier molecular flexibility index (Phi) is 5.10. The van der Waals surface area contributed by atoms with Gasteiger partial charge in [0.25, 0.3) is 5.91 Å². The number of nitrogen functional groups attached to an aromatic ring is 1. The van der Waals surface area contributed by atoms with E-state index in [1.165, 1.54) is 11.1 Å². The van der Waals surface area contributed by atoms with Crippen molar-refractivity contribution >= 4 is 17.5 Å². The molecule has 2 amide bonds. The summed E-state index contributed by atoms with van der Waals surface area (Å²) in [5, 5.41) is 2.79. The maximum Gasteiger partial charge on any atom is 0.273 e. The number of amides is 2. The van der Waals surface area contributed by atoms with E-state index in [4.69, 9.17) is 10.5 Å². The van der Waals surface area contributed by atoms with Crippen LogP contribution in [0.25, 0.3) is 0 Å². The van der Waals surface area contributed by atoms with Gasteiger partial charge in [0.15, 0.2) is 0 Å². The number of nitrogens with zero attached hydrogens (tertiary/aromatic N) is 2. The Morgan fingerprint density at radius 2 is 2.33 bits per heavy atom. The highest BCUT2D eigenvalue weighted by Crippen LogP contribution is 2.12. The summed E-state index contributed by atoms with van der Waals surface area (Å²) < 4.78 is 5.32. The molecule has 0 aromatic carbocycles. The molecule has 1 aliphatic rings. The first kappa shape index (κ1) is 15.2. The predicted octanol–water partition coefficient (Wildman–Crippen LogP) is 0.0310. The summed E-state index contributed by atoms with van der Waals surface area (Å²) in [5.74, 6) is -0.477. The van der Waals surface area contributed by atoms with Gasteiger partial charge in [-0.1, -0.05) is 6.92 Å². The number of morpholine rings is 1. The first-order valence-corrected chi connectivity index (χ1v) is 7.01. The second-order valence-electron chi connectivity index (χ2n) is 4.86. The summed E-state index contributed by atoms with van der Waals surface area (Å²) in [6.45, 7) is 3.54. The Hall–Kier alpha value is -2.15. The topological polar surface area (TPSA) is 97.5 Å². The fourth-order valence-electron chi connectivity index (χ4n) is 2.11. The zero-order valence-electron chi connectivity index (χ0n) is 12.0. The number of aromatic nitrogens is 1. The average molecular weight is 292 g/mol. The molecule has 0 bridgehead atoms. The lowest BCUT2D eigenvalue weighted by Gasteiger charge is -2.34. The van der Waals surface area contributed by atoms with Gasteiger partial charge in [-0.2, -0.15) is 0 Å². The van der Waals surface area contributed by atoms with Crippen LogP contribution in [0.4, 0.5) is 5.69 Å². The number of nitrogens with two attached hydrogens (primary N) is 1. The lowest BCUT2D eigenvalue weighted by Crippen LogP contribution is -2.56. The zero-order valence-corrected chi connectivity index (χ0v) is 12.0. The van der Waals surface area contributed by atoms with E-state index < -0.39 is 6.04 Å². The molecule has 1 aliphatic heterocycles. The molecule has 0 saturated carbocycles. The molecule has 2 heterocycles. The number of hydrogen-bond acceptors (Lipinski definition) is 5. The van der Waals surface area contributed by atoms with Crippen LogP contribution in [0.1, 0.15) is 23.8 Å². The maximum absolute atomic E-state index is 12.5. The molecule has 1 aromatic heterocycles. The van der Waals surface area contributed by atoms with Crippen molar-refractivity contribution < 1.29 is 14.3 Å². The zero-order chi connectivity index (χ0) is 15.2. The Labute approximate surface area is 123 Å². The lowest BCUT2D eigenvalue weighted by atomic mass is 10.2. The molecule has 7 nitrogen and oxygen atoms in total. The minimum atomic E-state index is -0.614. The monoisotopic (exact) mass is 292 g/mol. The third-order valence-electron chi connectivity index (χ3n) is 3.25. The van der Waals surface area contributed by atoms with Gasteiger partial charge in [-0.05, 0) is 18.6 Å². The van der Waals surface area contributed by atoms with Gasteiger partial charge in [-0.25, -0.2) is 4.98 Å². The molecule has 3 N–H and O–H groups in total. The van der Waals surface area contributed by atoms with Gasteiger partial charge in [-0.3, -0.25) is 9.59 Å². The van der Waals surface area contributed by atoms with Crippen LogP contribution in [0.2, 0.25) is 0 Å². The molecule has 2 rings (SSSR count). The van der Waals surface area contributed by atoms with E-state index >= 15 is 0 Å². The van der Waals surface area contributed by atoms with E-state index in [9.17, 15) is 9.59 Å². The molecule has 21 heavy (non-hydrogen) atoms. The van der Waals surface area contributed by atoms with Gasteiger partial charge in [0, 0.05) is 13.1 Å². The van der Waals surface area contributed by atoms with Crippen molar-refractivity contribution in [2.24, 2.45) is 0 Å². The molecule has 0 spiro atoms. The smallest absolute Gasteiger partial charge is 0.273 e. The highest BCUT2D eigenvalue weighted by molar-refractivity contribution is 5.96. The van der Waals surface area contributed by atoms with Crippen LogP contribution in [0, 0.1) is 0 Å². The van der Waals surface area contributed by atoms with Gasteiger partial charge in [0.1, 0.15) is 11.7 Å². The average Bonchev–Trinajstić information content (AvgIpc) is 2.52. The SMILES string of the molecule is CCCNC(=O)C1COCCN1C(=O)c1ccc(N)cn1. The lowest BCUT2D eigenvalue weighted by molar-refractivity contribution is -0.130. The minimum Gasteiger partial charge on any atom is -0.397 e. The van der Waals surface area contributed by atoms with Gasteiger partial charge < -0.3 is 20.7 Å². The molecule has 1 aromatic rings. The molecule has 7 heteroatoms. The van der Waals surface area contributed by atoms with Crippen LogP contribution in [0.15, 0.2) is 18.3 Å². The normalized spacial score (nSPS) is 18.3. The third kappa shape index (κ3) is 3.69. The Balaban J connectivity index is 2.12. The van der Waals surface area contributed by atoms with E-state index in [0.29, 0.717) is 25.4 Å². The Morgan fingerprint density at radius 1 is 1.52 bits per heavy atom. The fourth-order valence-corrected chi connectivity index (χ4v) is 2.11. The quantitative estimate of drug-likeness (QED) is 0.816. The molecule has 1 unspecified atom stereocenters. The van der Waals surface area contributed by atoms with Gasteiger partial charge >= 0.3 is 0 Å². The summed E-state index contributed by atoms with van der Waals surface area (Å²) in [6.07, 6.45) is 2.27. The fraction of sp³-hybridized carbons (Fsp3) is 0.500. The van der Waals surface area contributed by atoms with Crippen LogP contribution in [-0.4, -0.2) is 54.0 Å². The third-order valence-corrected chi connectivity index (χ3v) is 3.25. The number of pyridine rings is 1. The maximum atomic E-state index is 12.5. The summed E-state index contributed by atoms with van der Waals surface area (Å²) in [7, 11) is 0. The molecule has 0 radical (unpaired) electrons. The summed E-state index contributed by atoms with van der Waals surface area (Å²) >= 11 is 0. The number of hydrogen-bond donors (Lipinski definition) is 2. The molecule has 0 aliphatic carbocycles. The van der Waals surface area contributed by atoms with Crippen LogP contribution >= 0.6 is 0 Å². The van der Waals surface area contributed by atoms with Crippen molar-refractivity contribution in [1.82, 2.24) is 15.2 Å². The van der Waals surface area contributed by atoms with Crippen molar-refractivity contribution in [3.05, 3.63) is 24.0 Å². The number of rotatable bonds is 4. The number of carbonyl (C=O) groups excluding carboxylic acids is 2. The van der Waals surface area contributed by atoms with Crippen LogP contribution < -0.4 is 11.1 Å². The summed E-state index contributed by atoms with van der Waals surface area (Å²) in [6, 6.07) is 2.57. The van der Waals surface area contributed by atoms with Crippen LogP contribution in [0.3, 0.4) is 0 Å². The molecule has 1 atom stereocenters. The largest absolute Gasteiger partial charge is 0.397 e. The highest BCUT2D eigenvalue weighted by Gasteiger charge is 2.33. The molecule has 1 saturated heterocycles. The molecular weight excluding hydrogens is 272 g/mol. The van der Waals surface area contributed by atoms with Crippen LogP contribution in [0.5, 0.6) is 0 Å². The number of carbonyl (C=O) groups is 2. The minimum absolute atomic E-state index is 0.194. The van der Waals surface area contributed by atoms with Gasteiger partial charge in [0.05, 0.1) is 25.1 Å². The highest BCUT2D eigenvalue weighted by atomic mass is 16.5. The van der Waals surface area contributed by atoms with Gasteiger partial charge in [-0.15, -0.1) is 0 Å². The van der Waals surface area contributed by atoms with Crippen molar-refractivity contribution in [1.29, 1.82) is 0 Å². The second kappa shape index (κ2) is 7.03. The van der Waals surface area contributed by atoms with Crippen molar-refractivity contribution in [2.45, 2.75) is 19.4 Å². The van der Waals surface area contributed by atoms with E-state index in [0.717, 1.165) is 6.42 Å². The Morgan fingerprint density at radius 3 is 3.00 bits per heavy atom. The van der Waals surface area contributed by atoms with E-state index in [1.807, 2.05) is 6.92 Å². The summed E-state index contributed by atoms with van der Waals surface area (Å²) in [5.41, 5.74) is 6.33. The number of ether oxygens (including phenoxy) is 1. The first-order chi connectivity index (χ1) is 10.1. The predicted molar refractivity (Wildman–Crippen MR) is 77.6 cm³/mol. The second-order valence-corrected chi connectivity index (χ2v) is 4.86.